The lowest BCUT2D eigenvalue weighted by Crippen LogP contribution is -2.34. The predicted molar refractivity (Wildman–Crippen MR) is 109 cm³/mol. The standard InChI is InChI=1S/C21H15ClF6N4O2/c22-14-5-3-11(4-6-14)17-30-18(34-31-17)16-2-1-7-32(16)19(33)29-15-9-12(20(23,24)25)8-13(10-15)21(26,27)28/h3-6,8-10,16H,1-2,7H2,(H,29,33). The van der Waals surface area contributed by atoms with E-state index in [2.05, 4.69) is 15.5 Å². The molecule has 34 heavy (non-hydrogen) atoms. The first-order chi connectivity index (χ1) is 15.9. The van der Waals surface area contributed by atoms with Crippen LogP contribution in [-0.4, -0.2) is 27.6 Å². The Kier molecular flexibility index (Phi) is 6.19. The minimum absolute atomic E-state index is 0.00888. The number of likely N-dealkylation sites (tertiary alicyclic amines) is 1. The van der Waals surface area contributed by atoms with Crippen LogP contribution in [0.25, 0.3) is 11.4 Å². The maximum atomic E-state index is 13.1. The molecular formula is C21H15ClF6N4O2. The molecule has 180 valence electrons. The van der Waals surface area contributed by atoms with Gasteiger partial charge in [-0.15, -0.1) is 0 Å². The Balaban J connectivity index is 1.56. The van der Waals surface area contributed by atoms with Gasteiger partial charge in [-0.1, -0.05) is 16.8 Å². The fourth-order valence-electron chi connectivity index (χ4n) is 3.58. The number of aromatic nitrogens is 2. The molecule has 1 aliphatic rings. The monoisotopic (exact) mass is 504 g/mol. The fraction of sp³-hybridized carbons (Fsp3) is 0.286. The zero-order valence-corrected chi connectivity index (χ0v) is 17.8. The third-order valence-electron chi connectivity index (χ3n) is 5.18. The summed E-state index contributed by atoms with van der Waals surface area (Å²) < 4.78 is 83.9. The van der Waals surface area contributed by atoms with Crippen molar-refractivity contribution in [2.45, 2.75) is 31.2 Å². The number of nitrogens with one attached hydrogen (secondary N) is 1. The summed E-state index contributed by atoms with van der Waals surface area (Å²) in [5.41, 5.74) is -3.08. The second kappa shape index (κ2) is 8.82. The highest BCUT2D eigenvalue weighted by Crippen LogP contribution is 2.38. The second-order valence-corrected chi connectivity index (χ2v) is 7.98. The molecule has 0 radical (unpaired) electrons. The summed E-state index contributed by atoms with van der Waals surface area (Å²) in [6.45, 7) is 0.195. The summed E-state index contributed by atoms with van der Waals surface area (Å²) in [6, 6.07) is 5.91. The number of halogens is 7. The molecule has 1 aromatic heterocycles. The molecule has 13 heteroatoms. The molecule has 1 N–H and O–H groups in total. The average molecular weight is 505 g/mol. The molecule has 0 bridgehead atoms. The largest absolute Gasteiger partial charge is 0.416 e. The van der Waals surface area contributed by atoms with E-state index >= 15 is 0 Å². The molecule has 1 aliphatic heterocycles. The van der Waals surface area contributed by atoms with Crippen molar-refractivity contribution in [2.75, 3.05) is 11.9 Å². The van der Waals surface area contributed by atoms with Crippen LogP contribution in [0.5, 0.6) is 0 Å². The second-order valence-electron chi connectivity index (χ2n) is 7.54. The number of alkyl halides is 6. The Labute approximate surface area is 193 Å². The molecule has 2 amide bonds. The summed E-state index contributed by atoms with van der Waals surface area (Å²) in [5.74, 6) is 0.337. The predicted octanol–water partition coefficient (Wildman–Crippen LogP) is 6.80. The van der Waals surface area contributed by atoms with Crippen LogP contribution in [0.1, 0.15) is 35.9 Å². The lowest BCUT2D eigenvalue weighted by molar-refractivity contribution is -0.143. The summed E-state index contributed by atoms with van der Waals surface area (Å²) in [5, 5.41) is 6.52. The normalized spacial score (nSPS) is 16.7. The molecule has 6 nitrogen and oxygen atoms in total. The van der Waals surface area contributed by atoms with Gasteiger partial charge in [-0.05, 0) is 55.3 Å². The number of hydrogen-bond acceptors (Lipinski definition) is 4. The lowest BCUT2D eigenvalue weighted by atomic mass is 10.1. The minimum atomic E-state index is -5.03. The van der Waals surface area contributed by atoms with Gasteiger partial charge in [0.15, 0.2) is 0 Å². The van der Waals surface area contributed by atoms with E-state index in [0.717, 1.165) is 0 Å². The van der Waals surface area contributed by atoms with Crippen LogP contribution >= 0.6 is 11.6 Å². The van der Waals surface area contributed by atoms with Crippen LogP contribution in [0.15, 0.2) is 47.0 Å². The van der Waals surface area contributed by atoms with Crippen molar-refractivity contribution in [1.29, 1.82) is 0 Å². The Bertz CT molecular complexity index is 1160. The highest BCUT2D eigenvalue weighted by molar-refractivity contribution is 6.30. The van der Waals surface area contributed by atoms with Crippen LogP contribution in [0, 0.1) is 0 Å². The molecule has 3 aromatic rings. The van der Waals surface area contributed by atoms with Crippen LogP contribution in [-0.2, 0) is 12.4 Å². The third kappa shape index (κ3) is 5.11. The van der Waals surface area contributed by atoms with E-state index in [0.29, 0.717) is 35.6 Å². The third-order valence-corrected chi connectivity index (χ3v) is 5.43. The number of anilines is 1. The summed E-state index contributed by atoms with van der Waals surface area (Å²) in [4.78, 5) is 18.3. The van der Waals surface area contributed by atoms with Crippen molar-refractivity contribution >= 4 is 23.3 Å². The van der Waals surface area contributed by atoms with Gasteiger partial charge >= 0.3 is 18.4 Å². The smallest absolute Gasteiger partial charge is 0.337 e. The average Bonchev–Trinajstić information content (AvgIpc) is 3.42. The van der Waals surface area contributed by atoms with E-state index < -0.39 is 41.2 Å². The van der Waals surface area contributed by atoms with E-state index in [9.17, 15) is 31.1 Å². The Morgan fingerprint density at radius 1 is 1.03 bits per heavy atom. The molecular weight excluding hydrogens is 490 g/mol. The van der Waals surface area contributed by atoms with E-state index in [1.165, 1.54) is 4.90 Å². The van der Waals surface area contributed by atoms with E-state index in [1.807, 2.05) is 0 Å². The van der Waals surface area contributed by atoms with Crippen LogP contribution in [0.2, 0.25) is 5.02 Å². The highest BCUT2D eigenvalue weighted by Gasteiger charge is 2.38. The van der Waals surface area contributed by atoms with Crippen molar-refractivity contribution in [3.8, 4) is 11.4 Å². The zero-order valence-electron chi connectivity index (χ0n) is 17.0. The first kappa shape index (κ1) is 23.9. The van der Waals surface area contributed by atoms with Gasteiger partial charge in [0.25, 0.3) is 0 Å². The van der Waals surface area contributed by atoms with Gasteiger partial charge in [0.05, 0.1) is 11.1 Å². The number of urea groups is 1. The number of rotatable bonds is 3. The Morgan fingerprint density at radius 3 is 2.24 bits per heavy atom. The van der Waals surface area contributed by atoms with Gasteiger partial charge in [-0.3, -0.25) is 0 Å². The number of amides is 2. The van der Waals surface area contributed by atoms with Crippen LogP contribution in [0.3, 0.4) is 0 Å². The number of carbonyl (C=O) groups is 1. The van der Waals surface area contributed by atoms with E-state index in [4.69, 9.17) is 16.1 Å². The van der Waals surface area contributed by atoms with E-state index in [-0.39, 0.29) is 24.3 Å². The zero-order chi connectivity index (χ0) is 24.7. The van der Waals surface area contributed by atoms with Gasteiger partial charge in [0.2, 0.25) is 11.7 Å². The lowest BCUT2D eigenvalue weighted by Gasteiger charge is -2.23. The summed E-state index contributed by atoms with van der Waals surface area (Å²) >= 11 is 5.86. The molecule has 1 unspecified atom stereocenters. The molecule has 1 fully saturated rings. The number of nitrogens with zero attached hydrogens (tertiary/aromatic N) is 3. The summed E-state index contributed by atoms with van der Waals surface area (Å²) in [6.07, 6.45) is -9.11. The van der Waals surface area contributed by atoms with Crippen molar-refractivity contribution in [1.82, 2.24) is 15.0 Å². The SMILES string of the molecule is O=C(Nc1cc(C(F)(F)F)cc(C(F)(F)F)c1)N1CCCC1c1nc(-c2ccc(Cl)cc2)no1. The summed E-state index contributed by atoms with van der Waals surface area (Å²) in [7, 11) is 0. The van der Waals surface area contributed by atoms with Crippen molar-refractivity contribution in [3.05, 3.63) is 64.5 Å². The van der Waals surface area contributed by atoms with Gasteiger partial charge in [-0.25, -0.2) is 4.79 Å². The molecule has 1 atom stereocenters. The quantitative estimate of drug-likeness (QED) is 0.398. The van der Waals surface area contributed by atoms with Crippen LogP contribution in [0.4, 0.5) is 36.8 Å². The Hall–Kier alpha value is -3.28. The van der Waals surface area contributed by atoms with Crippen molar-refractivity contribution in [2.24, 2.45) is 0 Å². The molecule has 0 saturated carbocycles. The van der Waals surface area contributed by atoms with E-state index in [1.54, 1.807) is 24.3 Å². The minimum Gasteiger partial charge on any atom is -0.337 e. The van der Waals surface area contributed by atoms with Gasteiger partial charge in [0, 0.05) is 22.8 Å². The van der Waals surface area contributed by atoms with Gasteiger partial charge < -0.3 is 14.7 Å². The maximum absolute atomic E-state index is 13.1. The molecule has 0 aliphatic carbocycles. The first-order valence-electron chi connectivity index (χ1n) is 9.88. The highest BCUT2D eigenvalue weighted by atomic mass is 35.5. The number of hydrogen-bond donors (Lipinski definition) is 1. The first-order valence-corrected chi connectivity index (χ1v) is 10.3. The van der Waals surface area contributed by atoms with Crippen molar-refractivity contribution in [3.63, 3.8) is 0 Å². The number of benzene rings is 2. The number of carbonyl (C=O) groups excluding carboxylic acids is 1. The molecule has 2 heterocycles. The fourth-order valence-corrected chi connectivity index (χ4v) is 3.70. The molecule has 4 rings (SSSR count). The van der Waals surface area contributed by atoms with Gasteiger partial charge in [-0.2, -0.15) is 31.3 Å². The van der Waals surface area contributed by atoms with Gasteiger partial charge in [0.1, 0.15) is 6.04 Å². The van der Waals surface area contributed by atoms with Crippen molar-refractivity contribution < 1.29 is 35.7 Å². The maximum Gasteiger partial charge on any atom is 0.416 e. The Morgan fingerprint density at radius 2 is 1.65 bits per heavy atom. The molecule has 2 aromatic carbocycles. The van der Waals surface area contributed by atoms with Crippen LogP contribution < -0.4 is 5.32 Å². The molecule has 0 spiro atoms. The molecule has 1 saturated heterocycles. The topological polar surface area (TPSA) is 71.3 Å².